The second-order valence-corrected chi connectivity index (χ2v) is 3.31. The number of hydrogen-bond donors (Lipinski definition) is 2. The number of nitrogens with two attached hydrogens (primary N) is 1. The van der Waals surface area contributed by atoms with Gasteiger partial charge in [0.15, 0.2) is 0 Å². The molecule has 0 bridgehead atoms. The highest BCUT2D eigenvalue weighted by atomic mass is 16.1. The van der Waals surface area contributed by atoms with Gasteiger partial charge in [0.1, 0.15) is 0 Å². The first-order valence-corrected chi connectivity index (χ1v) is 4.73. The maximum Gasteiger partial charge on any atom is 0.214 e. The number of carbonyl (C=O) groups is 1. The van der Waals surface area contributed by atoms with Gasteiger partial charge in [0.25, 0.3) is 0 Å². The molecule has 0 atom stereocenters. The van der Waals surface area contributed by atoms with Crippen LogP contribution in [0.1, 0.15) is 18.1 Å². The lowest BCUT2D eigenvalue weighted by Gasteiger charge is -2.15. The second kappa shape index (κ2) is 5.40. The molecule has 0 saturated heterocycles. The maximum atomic E-state index is 9.22. The van der Waals surface area contributed by atoms with E-state index < -0.39 is 0 Å². The van der Waals surface area contributed by atoms with Crippen LogP contribution in [0.2, 0.25) is 0 Å². The summed E-state index contributed by atoms with van der Waals surface area (Å²) in [6.07, 6.45) is 1.19. The summed E-state index contributed by atoms with van der Waals surface area (Å²) in [6.45, 7) is 3.49. The topological polar surface area (TPSA) is 55.1 Å². The first kappa shape index (κ1) is 10.7. The summed E-state index contributed by atoms with van der Waals surface area (Å²) in [6, 6.07) is 8.63. The Morgan fingerprint density at radius 2 is 1.93 bits per heavy atom. The van der Waals surface area contributed by atoms with Gasteiger partial charge < -0.3 is 11.1 Å². The third-order valence-corrected chi connectivity index (χ3v) is 2.00. The quantitative estimate of drug-likeness (QED) is 0.639. The minimum Gasteiger partial charge on any atom is -0.370 e. The van der Waals surface area contributed by atoms with Crippen LogP contribution in [0.4, 0.5) is 0 Å². The molecule has 1 aromatic carbocycles. The molecule has 76 valence electrons. The van der Waals surface area contributed by atoms with Crippen molar-refractivity contribution in [3.05, 3.63) is 35.4 Å². The zero-order chi connectivity index (χ0) is 10.4. The average Bonchev–Trinajstić information content (AvgIpc) is 2.17. The predicted molar refractivity (Wildman–Crippen MR) is 56.7 cm³/mol. The molecule has 0 radical (unpaired) electrons. The number of primary amides is 1. The van der Waals surface area contributed by atoms with Crippen molar-refractivity contribution in [1.82, 2.24) is 5.32 Å². The van der Waals surface area contributed by atoms with E-state index in [0.717, 1.165) is 13.1 Å². The molecule has 1 amide bonds. The largest absolute Gasteiger partial charge is 0.370 e. The monoisotopic (exact) mass is 192 g/mol. The normalized spacial score (nSPS) is 13.5. The van der Waals surface area contributed by atoms with Crippen molar-refractivity contribution in [3.63, 3.8) is 0 Å². The average molecular weight is 192 g/mol. The van der Waals surface area contributed by atoms with Crippen LogP contribution in [-0.4, -0.2) is 12.5 Å². The fraction of sp³-hybridized carbons (Fsp3) is 0.364. The molecular weight excluding hydrogens is 176 g/mol. The number of amides is 1. The van der Waals surface area contributed by atoms with Gasteiger partial charge in [-0.2, -0.15) is 0 Å². The number of carbonyl (C=O) groups excluding carboxylic acids is 1. The van der Waals surface area contributed by atoms with Gasteiger partial charge in [0.2, 0.25) is 5.91 Å². The van der Waals surface area contributed by atoms with Gasteiger partial charge in [0.05, 0.1) is 0 Å². The Hall–Kier alpha value is -1.35. The fourth-order valence-corrected chi connectivity index (χ4v) is 1.42. The van der Waals surface area contributed by atoms with Crippen molar-refractivity contribution in [2.24, 2.45) is 5.73 Å². The van der Waals surface area contributed by atoms with E-state index in [1.165, 1.54) is 24.5 Å². The van der Waals surface area contributed by atoms with E-state index in [2.05, 4.69) is 35.3 Å². The predicted octanol–water partition coefficient (Wildman–Crippen LogP) is 0.824. The molecule has 0 aliphatic carbocycles. The minimum atomic E-state index is -0.333. The molecule has 0 fully saturated rings. The highest BCUT2D eigenvalue weighted by Gasteiger charge is 2.05. The molecular formula is C11H16N2O. The third-order valence-electron chi connectivity index (χ3n) is 2.00. The van der Waals surface area contributed by atoms with Crippen LogP contribution >= 0.6 is 0 Å². The molecule has 0 spiro atoms. The minimum absolute atomic E-state index is 0.333. The second-order valence-electron chi connectivity index (χ2n) is 3.31. The van der Waals surface area contributed by atoms with Gasteiger partial charge in [-0.15, -0.1) is 0 Å². The summed E-state index contributed by atoms with van der Waals surface area (Å²) < 4.78 is 0. The fourth-order valence-electron chi connectivity index (χ4n) is 1.42. The van der Waals surface area contributed by atoms with Gasteiger partial charge in [0, 0.05) is 13.5 Å². The number of hydrogen-bond acceptors (Lipinski definition) is 2. The molecule has 1 aliphatic heterocycles. The van der Waals surface area contributed by atoms with Crippen LogP contribution in [-0.2, 0) is 17.8 Å². The van der Waals surface area contributed by atoms with Crippen LogP contribution in [0, 0.1) is 0 Å². The molecule has 0 saturated carbocycles. The molecule has 2 rings (SSSR count). The SMILES string of the molecule is CC(N)=O.c1ccc2c(c1)CCNC2. The third kappa shape index (κ3) is 3.58. The molecule has 0 aromatic heterocycles. The van der Waals surface area contributed by atoms with Crippen molar-refractivity contribution < 1.29 is 4.79 Å². The summed E-state index contributed by atoms with van der Waals surface area (Å²) in [5.41, 5.74) is 7.45. The molecule has 1 aliphatic rings. The van der Waals surface area contributed by atoms with E-state index in [-0.39, 0.29) is 5.91 Å². The standard InChI is InChI=1S/C9H11N.C2H5NO/c1-2-4-9-7-10-6-5-8(9)3-1;1-2(3)4/h1-4,10H,5-7H2;1H3,(H2,3,4). The van der Waals surface area contributed by atoms with E-state index in [9.17, 15) is 4.79 Å². The molecule has 3 heteroatoms. The number of fused-ring (bicyclic) bond motifs is 1. The number of nitrogens with one attached hydrogen (secondary N) is 1. The van der Waals surface area contributed by atoms with E-state index in [0.29, 0.717) is 0 Å². The smallest absolute Gasteiger partial charge is 0.214 e. The van der Waals surface area contributed by atoms with E-state index in [1.54, 1.807) is 0 Å². The van der Waals surface area contributed by atoms with Gasteiger partial charge in [-0.25, -0.2) is 0 Å². The van der Waals surface area contributed by atoms with E-state index >= 15 is 0 Å². The van der Waals surface area contributed by atoms with Gasteiger partial charge in [-0.3, -0.25) is 4.79 Å². The zero-order valence-electron chi connectivity index (χ0n) is 8.42. The Balaban J connectivity index is 0.000000213. The summed E-state index contributed by atoms with van der Waals surface area (Å²) in [4.78, 5) is 9.22. The van der Waals surface area contributed by atoms with Crippen LogP contribution in [0.15, 0.2) is 24.3 Å². The van der Waals surface area contributed by atoms with Gasteiger partial charge >= 0.3 is 0 Å². The van der Waals surface area contributed by atoms with Crippen LogP contribution in [0.5, 0.6) is 0 Å². The van der Waals surface area contributed by atoms with Crippen molar-refractivity contribution in [2.45, 2.75) is 19.9 Å². The van der Waals surface area contributed by atoms with Crippen molar-refractivity contribution >= 4 is 5.91 Å². The molecule has 14 heavy (non-hydrogen) atoms. The van der Waals surface area contributed by atoms with Gasteiger partial charge in [-0.1, -0.05) is 24.3 Å². The van der Waals surface area contributed by atoms with Crippen LogP contribution < -0.4 is 11.1 Å². The lowest BCUT2D eigenvalue weighted by Crippen LogP contribution is -2.23. The van der Waals surface area contributed by atoms with Crippen molar-refractivity contribution in [2.75, 3.05) is 6.54 Å². The summed E-state index contributed by atoms with van der Waals surface area (Å²) in [5.74, 6) is -0.333. The Morgan fingerprint density at radius 1 is 1.36 bits per heavy atom. The van der Waals surface area contributed by atoms with Crippen molar-refractivity contribution in [3.8, 4) is 0 Å². The number of benzene rings is 1. The highest BCUT2D eigenvalue weighted by molar-refractivity contribution is 5.70. The molecule has 0 unspecified atom stereocenters. The van der Waals surface area contributed by atoms with Crippen molar-refractivity contribution in [1.29, 1.82) is 0 Å². The Labute approximate surface area is 84.3 Å². The summed E-state index contributed by atoms with van der Waals surface area (Å²) in [7, 11) is 0. The first-order valence-electron chi connectivity index (χ1n) is 4.73. The molecule has 3 nitrogen and oxygen atoms in total. The van der Waals surface area contributed by atoms with Crippen LogP contribution in [0.25, 0.3) is 0 Å². The van der Waals surface area contributed by atoms with Gasteiger partial charge in [-0.05, 0) is 24.1 Å². The number of rotatable bonds is 0. The Kier molecular flexibility index (Phi) is 4.13. The van der Waals surface area contributed by atoms with Crippen LogP contribution in [0.3, 0.4) is 0 Å². The summed E-state index contributed by atoms with van der Waals surface area (Å²) >= 11 is 0. The lowest BCUT2D eigenvalue weighted by atomic mass is 10.0. The molecule has 1 heterocycles. The highest BCUT2D eigenvalue weighted by Crippen LogP contribution is 2.11. The Bertz CT molecular complexity index is 281. The first-order chi connectivity index (χ1) is 6.70. The van der Waals surface area contributed by atoms with E-state index in [1.807, 2.05) is 0 Å². The lowest BCUT2D eigenvalue weighted by molar-refractivity contribution is -0.115. The van der Waals surface area contributed by atoms with E-state index in [4.69, 9.17) is 0 Å². The molecule has 3 N–H and O–H groups in total. The zero-order valence-corrected chi connectivity index (χ0v) is 8.42. The maximum absolute atomic E-state index is 9.22. The summed E-state index contributed by atoms with van der Waals surface area (Å²) in [5, 5.41) is 3.34. The molecule has 1 aromatic rings. The Morgan fingerprint density at radius 3 is 2.50 bits per heavy atom.